The van der Waals surface area contributed by atoms with E-state index in [1.807, 2.05) is 0 Å². The van der Waals surface area contributed by atoms with Crippen LogP contribution in [0.1, 0.15) is 51.4 Å². The summed E-state index contributed by atoms with van der Waals surface area (Å²) in [5, 5.41) is 12.3. The van der Waals surface area contributed by atoms with Gasteiger partial charge in [-0.1, -0.05) is 19.3 Å². The van der Waals surface area contributed by atoms with Crippen molar-refractivity contribution in [3.05, 3.63) is 0 Å². The predicted molar refractivity (Wildman–Crippen MR) is 93.4 cm³/mol. The molecular formula is C18H35N3O2. The van der Waals surface area contributed by atoms with Gasteiger partial charge in [0, 0.05) is 19.7 Å². The second kappa shape index (κ2) is 11.0. The molecule has 2 aliphatic heterocycles. The highest BCUT2D eigenvalue weighted by atomic mass is 16.3. The standard InChI is InChI=1S/C18H35N3O2/c22-16-17-8-6-12-20(14-17)13-7-9-19-18(23)15-21-10-4-2-1-3-5-11-21/h17,22H,1-16H2,(H,19,23)/t17-/m1/s1. The maximum Gasteiger partial charge on any atom is 0.234 e. The lowest BCUT2D eigenvalue weighted by atomic mass is 9.99. The summed E-state index contributed by atoms with van der Waals surface area (Å²) in [6.07, 6.45) is 9.78. The Morgan fingerprint density at radius 3 is 2.43 bits per heavy atom. The molecule has 0 spiro atoms. The Bertz CT molecular complexity index is 330. The number of carbonyl (C=O) groups is 1. The minimum absolute atomic E-state index is 0.178. The summed E-state index contributed by atoms with van der Waals surface area (Å²) in [5.74, 6) is 0.628. The molecule has 0 aromatic carbocycles. The van der Waals surface area contributed by atoms with Crippen molar-refractivity contribution in [2.75, 3.05) is 52.4 Å². The summed E-state index contributed by atoms with van der Waals surface area (Å²) in [6.45, 7) is 6.97. The monoisotopic (exact) mass is 325 g/mol. The Morgan fingerprint density at radius 1 is 1.00 bits per heavy atom. The Morgan fingerprint density at radius 2 is 1.70 bits per heavy atom. The van der Waals surface area contributed by atoms with Crippen LogP contribution in [0.15, 0.2) is 0 Å². The van der Waals surface area contributed by atoms with E-state index < -0.39 is 0 Å². The molecule has 0 unspecified atom stereocenters. The highest BCUT2D eigenvalue weighted by Crippen LogP contribution is 2.15. The number of amides is 1. The van der Waals surface area contributed by atoms with Crippen LogP contribution in [0, 0.1) is 5.92 Å². The van der Waals surface area contributed by atoms with E-state index in [0.29, 0.717) is 19.1 Å². The first-order chi connectivity index (χ1) is 11.3. The van der Waals surface area contributed by atoms with Gasteiger partial charge >= 0.3 is 0 Å². The average molecular weight is 325 g/mol. The lowest BCUT2D eigenvalue weighted by Gasteiger charge is -2.31. The molecule has 2 heterocycles. The Kier molecular flexibility index (Phi) is 8.94. The molecule has 2 rings (SSSR count). The number of piperidine rings is 1. The van der Waals surface area contributed by atoms with Crippen molar-refractivity contribution < 1.29 is 9.90 Å². The first-order valence-corrected chi connectivity index (χ1v) is 9.60. The number of rotatable bonds is 7. The third-order valence-electron chi connectivity index (χ3n) is 5.15. The fourth-order valence-electron chi connectivity index (χ4n) is 3.76. The summed E-state index contributed by atoms with van der Waals surface area (Å²) in [5.41, 5.74) is 0. The van der Waals surface area contributed by atoms with E-state index >= 15 is 0 Å². The van der Waals surface area contributed by atoms with Crippen molar-refractivity contribution in [3.8, 4) is 0 Å². The van der Waals surface area contributed by atoms with Crippen LogP contribution >= 0.6 is 0 Å². The SMILES string of the molecule is O=C(CN1CCCCCCC1)NCCCN1CCC[C@@H](CO)C1. The number of likely N-dealkylation sites (tertiary alicyclic amines) is 2. The minimum atomic E-state index is 0.178. The van der Waals surface area contributed by atoms with Crippen LogP contribution in [0.5, 0.6) is 0 Å². The second-order valence-corrected chi connectivity index (χ2v) is 7.24. The number of nitrogens with one attached hydrogen (secondary N) is 1. The van der Waals surface area contributed by atoms with Crippen molar-refractivity contribution in [2.24, 2.45) is 5.92 Å². The smallest absolute Gasteiger partial charge is 0.234 e. The maximum atomic E-state index is 12.1. The van der Waals surface area contributed by atoms with E-state index in [0.717, 1.165) is 52.1 Å². The molecular weight excluding hydrogens is 290 g/mol. The van der Waals surface area contributed by atoms with Gasteiger partial charge in [-0.05, 0) is 64.2 Å². The summed E-state index contributed by atoms with van der Waals surface area (Å²) < 4.78 is 0. The molecule has 5 nitrogen and oxygen atoms in total. The van der Waals surface area contributed by atoms with Crippen LogP contribution in [0.4, 0.5) is 0 Å². The summed E-state index contributed by atoms with van der Waals surface area (Å²) in [7, 11) is 0. The second-order valence-electron chi connectivity index (χ2n) is 7.24. The van der Waals surface area contributed by atoms with Crippen LogP contribution in [0.3, 0.4) is 0 Å². The molecule has 134 valence electrons. The van der Waals surface area contributed by atoms with Crippen LogP contribution in [0.2, 0.25) is 0 Å². The third kappa shape index (κ3) is 7.64. The van der Waals surface area contributed by atoms with Gasteiger partial charge in [-0.25, -0.2) is 0 Å². The van der Waals surface area contributed by atoms with E-state index in [4.69, 9.17) is 0 Å². The molecule has 0 aromatic heterocycles. The van der Waals surface area contributed by atoms with Crippen molar-refractivity contribution in [1.82, 2.24) is 15.1 Å². The molecule has 1 atom stereocenters. The molecule has 0 bridgehead atoms. The molecule has 0 saturated carbocycles. The number of hydrogen-bond donors (Lipinski definition) is 2. The highest BCUT2D eigenvalue weighted by molar-refractivity contribution is 5.77. The number of nitrogens with zero attached hydrogens (tertiary/aromatic N) is 2. The summed E-state index contributed by atoms with van der Waals surface area (Å²) in [4.78, 5) is 16.8. The zero-order valence-corrected chi connectivity index (χ0v) is 14.6. The van der Waals surface area contributed by atoms with Crippen molar-refractivity contribution >= 4 is 5.91 Å². The molecule has 2 aliphatic rings. The quantitative estimate of drug-likeness (QED) is 0.696. The van der Waals surface area contributed by atoms with Gasteiger partial charge in [0.25, 0.3) is 0 Å². The molecule has 5 heteroatoms. The molecule has 23 heavy (non-hydrogen) atoms. The Labute approximate surface area is 141 Å². The highest BCUT2D eigenvalue weighted by Gasteiger charge is 2.18. The van der Waals surface area contributed by atoms with Crippen molar-refractivity contribution in [2.45, 2.75) is 51.4 Å². The summed E-state index contributed by atoms with van der Waals surface area (Å²) >= 11 is 0. The van der Waals surface area contributed by atoms with E-state index in [1.165, 1.54) is 38.5 Å². The van der Waals surface area contributed by atoms with Gasteiger partial charge in [0.2, 0.25) is 5.91 Å². The molecule has 0 aromatic rings. The van der Waals surface area contributed by atoms with E-state index in [1.54, 1.807) is 0 Å². The Hall–Kier alpha value is -0.650. The molecule has 2 saturated heterocycles. The number of aliphatic hydroxyl groups is 1. The van der Waals surface area contributed by atoms with E-state index in [2.05, 4.69) is 15.1 Å². The largest absolute Gasteiger partial charge is 0.396 e. The Balaban J connectivity index is 1.53. The first kappa shape index (κ1) is 18.7. The van der Waals surface area contributed by atoms with Crippen molar-refractivity contribution in [1.29, 1.82) is 0 Å². The minimum Gasteiger partial charge on any atom is -0.396 e. The zero-order valence-electron chi connectivity index (χ0n) is 14.6. The van der Waals surface area contributed by atoms with E-state index in [-0.39, 0.29) is 5.91 Å². The van der Waals surface area contributed by atoms with Crippen LogP contribution in [-0.4, -0.2) is 73.2 Å². The fraction of sp³-hybridized carbons (Fsp3) is 0.944. The fourth-order valence-corrected chi connectivity index (χ4v) is 3.76. The predicted octanol–water partition coefficient (Wildman–Crippen LogP) is 1.46. The third-order valence-corrected chi connectivity index (χ3v) is 5.15. The number of hydrogen-bond acceptors (Lipinski definition) is 4. The van der Waals surface area contributed by atoms with Gasteiger partial charge in [0.1, 0.15) is 0 Å². The van der Waals surface area contributed by atoms with Gasteiger partial charge in [-0.3, -0.25) is 9.69 Å². The number of aliphatic hydroxyl groups excluding tert-OH is 1. The van der Waals surface area contributed by atoms with Gasteiger partial charge in [0.15, 0.2) is 0 Å². The molecule has 2 N–H and O–H groups in total. The van der Waals surface area contributed by atoms with Gasteiger partial charge in [-0.2, -0.15) is 0 Å². The molecule has 1 amide bonds. The topological polar surface area (TPSA) is 55.8 Å². The average Bonchev–Trinajstić information content (AvgIpc) is 2.54. The summed E-state index contributed by atoms with van der Waals surface area (Å²) in [6, 6.07) is 0. The zero-order chi connectivity index (χ0) is 16.3. The normalized spacial score (nSPS) is 24.8. The van der Waals surface area contributed by atoms with Gasteiger partial charge in [0.05, 0.1) is 6.54 Å². The molecule has 0 aliphatic carbocycles. The molecule has 0 radical (unpaired) electrons. The first-order valence-electron chi connectivity index (χ1n) is 9.60. The van der Waals surface area contributed by atoms with E-state index in [9.17, 15) is 9.90 Å². The molecule has 2 fully saturated rings. The van der Waals surface area contributed by atoms with Crippen molar-refractivity contribution in [3.63, 3.8) is 0 Å². The van der Waals surface area contributed by atoms with Gasteiger partial charge < -0.3 is 15.3 Å². The lowest BCUT2D eigenvalue weighted by Crippen LogP contribution is -2.41. The van der Waals surface area contributed by atoms with Crippen LogP contribution < -0.4 is 5.32 Å². The maximum absolute atomic E-state index is 12.1. The lowest BCUT2D eigenvalue weighted by molar-refractivity contribution is -0.122. The van der Waals surface area contributed by atoms with Crippen LogP contribution in [0.25, 0.3) is 0 Å². The van der Waals surface area contributed by atoms with Crippen LogP contribution in [-0.2, 0) is 4.79 Å². The van der Waals surface area contributed by atoms with Gasteiger partial charge in [-0.15, -0.1) is 0 Å². The number of carbonyl (C=O) groups excluding carboxylic acids is 1.